The van der Waals surface area contributed by atoms with Gasteiger partial charge >= 0.3 is 0 Å². The molecule has 4 heteroatoms. The molecule has 30 heavy (non-hydrogen) atoms. The van der Waals surface area contributed by atoms with Crippen LogP contribution in [0.3, 0.4) is 0 Å². The smallest absolute Gasteiger partial charge is 0.172 e. The zero-order chi connectivity index (χ0) is 20.8. The summed E-state index contributed by atoms with van der Waals surface area (Å²) in [7, 11) is 0. The van der Waals surface area contributed by atoms with Crippen molar-refractivity contribution in [3.63, 3.8) is 0 Å². The summed E-state index contributed by atoms with van der Waals surface area (Å²) in [4.78, 5) is 15.5. The average molecular weight is 420 g/mol. The first-order chi connectivity index (χ1) is 14.7. The van der Waals surface area contributed by atoms with Crippen molar-refractivity contribution in [2.75, 3.05) is 19.6 Å². The molecule has 1 aromatic heterocycles. The fourth-order valence-corrected chi connectivity index (χ4v) is 5.31. The summed E-state index contributed by atoms with van der Waals surface area (Å²) in [5, 5.41) is 13.9. The Labute approximate surface area is 183 Å². The molecule has 1 aliphatic rings. The Balaban J connectivity index is 1.38. The standard InChI is InChI=1S/C26H29NO2S/c28-24(25-14-8-20-30-25)13-7-17-27-18-15-23(16-19-27)26(29,21-9-3-1-4-10-21)22-11-5-2-6-12-22/h1-6,8-12,14,20,23,29H,7,13,15-19H2. The number of likely N-dealkylation sites (tertiary alicyclic amines) is 1. The van der Waals surface area contributed by atoms with Crippen molar-refractivity contribution < 1.29 is 9.90 Å². The third kappa shape index (κ3) is 4.56. The van der Waals surface area contributed by atoms with Crippen LogP contribution in [-0.2, 0) is 5.60 Å². The molecule has 1 saturated heterocycles. The summed E-state index contributed by atoms with van der Waals surface area (Å²) in [6.45, 7) is 2.86. The molecule has 1 N–H and O–H groups in total. The van der Waals surface area contributed by atoms with Gasteiger partial charge in [-0.2, -0.15) is 0 Å². The molecule has 3 nitrogen and oxygen atoms in total. The molecular weight excluding hydrogens is 390 g/mol. The summed E-state index contributed by atoms with van der Waals surface area (Å²) in [6.07, 6.45) is 3.39. The van der Waals surface area contributed by atoms with Crippen molar-refractivity contribution in [1.29, 1.82) is 0 Å². The highest BCUT2D eigenvalue weighted by Gasteiger charge is 2.41. The molecule has 0 saturated carbocycles. The number of Topliss-reactive ketones (excluding diaryl/α,β-unsaturated/α-hetero) is 1. The van der Waals surface area contributed by atoms with E-state index in [-0.39, 0.29) is 11.7 Å². The molecular formula is C26H29NO2S. The van der Waals surface area contributed by atoms with Gasteiger partial charge < -0.3 is 10.0 Å². The van der Waals surface area contributed by atoms with Crippen LogP contribution in [-0.4, -0.2) is 35.4 Å². The van der Waals surface area contributed by atoms with Gasteiger partial charge in [-0.15, -0.1) is 11.3 Å². The Kier molecular flexibility index (Phi) is 6.78. The first kappa shape index (κ1) is 21.0. The Morgan fingerprint density at radius 3 is 2.07 bits per heavy atom. The van der Waals surface area contributed by atoms with Crippen LogP contribution in [0.2, 0.25) is 0 Å². The molecule has 1 aliphatic heterocycles. The number of aliphatic hydroxyl groups is 1. The average Bonchev–Trinajstić information content (AvgIpc) is 3.35. The number of carbonyl (C=O) groups is 1. The van der Waals surface area contributed by atoms with Gasteiger partial charge in [0.2, 0.25) is 0 Å². The van der Waals surface area contributed by atoms with Gasteiger partial charge in [-0.25, -0.2) is 0 Å². The van der Waals surface area contributed by atoms with E-state index in [2.05, 4.69) is 4.90 Å². The first-order valence-electron chi connectivity index (χ1n) is 10.8. The van der Waals surface area contributed by atoms with Gasteiger partial charge in [-0.05, 0) is 67.4 Å². The van der Waals surface area contributed by atoms with Gasteiger partial charge in [0.05, 0.1) is 4.88 Å². The summed E-state index contributed by atoms with van der Waals surface area (Å²) < 4.78 is 0. The largest absolute Gasteiger partial charge is 0.380 e. The zero-order valence-electron chi connectivity index (χ0n) is 17.2. The molecule has 2 aromatic carbocycles. The quantitative estimate of drug-likeness (QED) is 0.500. The van der Waals surface area contributed by atoms with Gasteiger partial charge in [0.25, 0.3) is 0 Å². The van der Waals surface area contributed by atoms with Crippen LogP contribution in [0, 0.1) is 5.92 Å². The number of rotatable bonds is 8. The van der Waals surface area contributed by atoms with E-state index in [1.54, 1.807) is 0 Å². The Bertz CT molecular complexity index is 877. The van der Waals surface area contributed by atoms with E-state index in [0.29, 0.717) is 6.42 Å². The fourth-order valence-electron chi connectivity index (χ4n) is 4.62. The molecule has 0 unspecified atom stereocenters. The maximum absolute atomic E-state index is 12.2. The molecule has 156 valence electrons. The second-order valence-electron chi connectivity index (χ2n) is 8.12. The molecule has 0 atom stereocenters. The van der Waals surface area contributed by atoms with Crippen molar-refractivity contribution >= 4 is 17.1 Å². The third-order valence-corrected chi connectivity index (χ3v) is 7.19. The van der Waals surface area contributed by atoms with Crippen LogP contribution >= 0.6 is 11.3 Å². The summed E-state index contributed by atoms with van der Waals surface area (Å²) in [5.74, 6) is 0.425. The third-order valence-electron chi connectivity index (χ3n) is 6.28. The lowest BCUT2D eigenvalue weighted by atomic mass is 9.72. The molecule has 1 fully saturated rings. The predicted molar refractivity (Wildman–Crippen MR) is 123 cm³/mol. The minimum absolute atomic E-state index is 0.173. The monoisotopic (exact) mass is 419 g/mol. The number of piperidine rings is 1. The summed E-state index contributed by atoms with van der Waals surface area (Å²) in [5.41, 5.74) is 0.969. The minimum atomic E-state index is -0.969. The Hall–Kier alpha value is -2.27. The van der Waals surface area contributed by atoms with Crippen LogP contribution < -0.4 is 0 Å². The number of thiophene rings is 1. The zero-order valence-corrected chi connectivity index (χ0v) is 18.1. The van der Waals surface area contributed by atoms with Gasteiger partial charge in [0.15, 0.2) is 5.78 Å². The van der Waals surface area contributed by atoms with E-state index >= 15 is 0 Å². The number of carbonyl (C=O) groups excluding carboxylic acids is 1. The summed E-state index contributed by atoms with van der Waals surface area (Å²) in [6, 6.07) is 24.0. The topological polar surface area (TPSA) is 40.5 Å². The Morgan fingerprint density at radius 1 is 0.933 bits per heavy atom. The maximum Gasteiger partial charge on any atom is 0.172 e. The van der Waals surface area contributed by atoms with Gasteiger partial charge in [-0.1, -0.05) is 66.7 Å². The Morgan fingerprint density at radius 2 is 1.53 bits per heavy atom. The lowest BCUT2D eigenvalue weighted by Crippen LogP contribution is -2.44. The SMILES string of the molecule is O=C(CCCN1CCC(C(O)(c2ccccc2)c2ccccc2)CC1)c1cccs1. The second-order valence-corrected chi connectivity index (χ2v) is 9.07. The van der Waals surface area contributed by atoms with Crippen molar-refractivity contribution in [3.05, 3.63) is 94.2 Å². The molecule has 2 heterocycles. The molecule has 0 radical (unpaired) electrons. The normalized spacial score (nSPS) is 15.9. The molecule has 0 amide bonds. The number of hydrogen-bond acceptors (Lipinski definition) is 4. The predicted octanol–water partition coefficient (Wildman–Crippen LogP) is 5.36. The molecule has 0 bridgehead atoms. The minimum Gasteiger partial charge on any atom is -0.380 e. The van der Waals surface area contributed by atoms with E-state index in [0.717, 1.165) is 54.9 Å². The van der Waals surface area contributed by atoms with E-state index in [1.165, 1.54) is 11.3 Å². The lowest BCUT2D eigenvalue weighted by Gasteiger charge is -2.42. The lowest BCUT2D eigenvalue weighted by molar-refractivity contribution is -0.0142. The molecule has 3 aromatic rings. The second kappa shape index (κ2) is 9.69. The number of nitrogens with zero attached hydrogens (tertiary/aromatic N) is 1. The first-order valence-corrected chi connectivity index (χ1v) is 11.7. The highest BCUT2D eigenvalue weighted by molar-refractivity contribution is 7.12. The van der Waals surface area contributed by atoms with Gasteiger partial charge in [0.1, 0.15) is 5.60 Å². The highest BCUT2D eigenvalue weighted by Crippen LogP contribution is 2.41. The van der Waals surface area contributed by atoms with Gasteiger partial charge in [-0.3, -0.25) is 4.79 Å². The van der Waals surface area contributed by atoms with E-state index < -0.39 is 5.60 Å². The van der Waals surface area contributed by atoms with E-state index in [9.17, 15) is 9.90 Å². The fraction of sp³-hybridized carbons (Fsp3) is 0.346. The maximum atomic E-state index is 12.2. The number of hydrogen-bond donors (Lipinski definition) is 1. The number of ketones is 1. The van der Waals surface area contributed by atoms with Crippen molar-refractivity contribution in [1.82, 2.24) is 4.90 Å². The molecule has 4 rings (SSSR count). The number of benzene rings is 2. The van der Waals surface area contributed by atoms with Crippen LogP contribution in [0.15, 0.2) is 78.2 Å². The summed E-state index contributed by atoms with van der Waals surface area (Å²) >= 11 is 1.52. The van der Waals surface area contributed by atoms with Crippen LogP contribution in [0.4, 0.5) is 0 Å². The van der Waals surface area contributed by atoms with Gasteiger partial charge in [0, 0.05) is 6.42 Å². The van der Waals surface area contributed by atoms with Crippen molar-refractivity contribution in [2.45, 2.75) is 31.3 Å². The van der Waals surface area contributed by atoms with E-state index in [1.807, 2.05) is 78.2 Å². The highest BCUT2D eigenvalue weighted by atomic mass is 32.1. The molecule has 0 spiro atoms. The van der Waals surface area contributed by atoms with E-state index in [4.69, 9.17) is 0 Å². The van der Waals surface area contributed by atoms with Crippen LogP contribution in [0.25, 0.3) is 0 Å². The molecule has 0 aliphatic carbocycles. The van der Waals surface area contributed by atoms with Crippen LogP contribution in [0.1, 0.15) is 46.5 Å². The van der Waals surface area contributed by atoms with Crippen molar-refractivity contribution in [2.24, 2.45) is 5.92 Å². The van der Waals surface area contributed by atoms with Crippen LogP contribution in [0.5, 0.6) is 0 Å². The van der Waals surface area contributed by atoms with Crippen molar-refractivity contribution in [3.8, 4) is 0 Å².